The van der Waals surface area contributed by atoms with Crippen molar-refractivity contribution in [2.75, 3.05) is 13.1 Å². The summed E-state index contributed by atoms with van der Waals surface area (Å²) >= 11 is 0. The molecule has 1 aromatic rings. The van der Waals surface area contributed by atoms with E-state index in [1.165, 1.54) is 0 Å². The van der Waals surface area contributed by atoms with E-state index in [0.717, 1.165) is 5.57 Å². The van der Waals surface area contributed by atoms with E-state index in [1.807, 2.05) is 19.9 Å². The normalized spacial score (nSPS) is 21.1. The summed E-state index contributed by atoms with van der Waals surface area (Å²) in [6.07, 6.45) is 5.42. The first-order valence-electron chi connectivity index (χ1n) is 7.91. The smallest absolute Gasteiger partial charge is 0.311 e. The molecule has 6 heteroatoms. The molecule has 23 heavy (non-hydrogen) atoms. The Bertz CT molecular complexity index is 644. The highest BCUT2D eigenvalue weighted by Gasteiger charge is 2.43. The predicted molar refractivity (Wildman–Crippen MR) is 87.2 cm³/mol. The fourth-order valence-corrected chi connectivity index (χ4v) is 3.11. The maximum atomic E-state index is 12.7. The van der Waals surface area contributed by atoms with Crippen molar-refractivity contribution in [3.05, 3.63) is 29.1 Å². The SMILES string of the molecule is CC(C)=CC[C@@]1(C(=O)O)CCCN(C(=O)c2cn(C)nc2C)C1. The van der Waals surface area contributed by atoms with Crippen molar-refractivity contribution < 1.29 is 14.7 Å². The Morgan fingerprint density at radius 1 is 1.43 bits per heavy atom. The first-order valence-corrected chi connectivity index (χ1v) is 7.91. The van der Waals surface area contributed by atoms with Gasteiger partial charge < -0.3 is 10.0 Å². The summed E-state index contributed by atoms with van der Waals surface area (Å²) < 4.78 is 1.61. The number of hydrogen-bond acceptors (Lipinski definition) is 3. The molecule has 1 aliphatic heterocycles. The minimum absolute atomic E-state index is 0.127. The number of carboxylic acids is 1. The lowest BCUT2D eigenvalue weighted by Gasteiger charge is -2.39. The summed E-state index contributed by atoms with van der Waals surface area (Å²) in [6, 6.07) is 0. The summed E-state index contributed by atoms with van der Waals surface area (Å²) in [5, 5.41) is 13.9. The molecule has 1 saturated heterocycles. The maximum Gasteiger partial charge on any atom is 0.311 e. The van der Waals surface area contributed by atoms with Crippen molar-refractivity contribution in [2.24, 2.45) is 12.5 Å². The van der Waals surface area contributed by atoms with Crippen molar-refractivity contribution in [1.82, 2.24) is 14.7 Å². The van der Waals surface area contributed by atoms with Crippen molar-refractivity contribution in [1.29, 1.82) is 0 Å². The second-order valence-electron chi connectivity index (χ2n) is 6.70. The van der Waals surface area contributed by atoms with Crippen LogP contribution in [0.2, 0.25) is 0 Å². The third-order valence-electron chi connectivity index (χ3n) is 4.46. The average molecular weight is 319 g/mol. The number of carboxylic acid groups (broad SMARTS) is 1. The molecule has 0 unspecified atom stereocenters. The van der Waals surface area contributed by atoms with Crippen LogP contribution in [0.5, 0.6) is 0 Å². The quantitative estimate of drug-likeness (QED) is 0.865. The van der Waals surface area contributed by atoms with Gasteiger partial charge in [0.2, 0.25) is 0 Å². The molecule has 1 N–H and O–H groups in total. The van der Waals surface area contributed by atoms with E-state index in [0.29, 0.717) is 37.1 Å². The van der Waals surface area contributed by atoms with Crippen LogP contribution in [0, 0.1) is 12.3 Å². The third kappa shape index (κ3) is 3.63. The Kier molecular flexibility index (Phi) is 4.92. The number of carbonyl (C=O) groups is 2. The lowest BCUT2D eigenvalue weighted by atomic mass is 9.76. The third-order valence-corrected chi connectivity index (χ3v) is 4.46. The van der Waals surface area contributed by atoms with E-state index in [9.17, 15) is 14.7 Å². The minimum atomic E-state index is -0.888. The van der Waals surface area contributed by atoms with E-state index in [2.05, 4.69) is 5.10 Å². The maximum absolute atomic E-state index is 12.7. The molecular formula is C17H25N3O3. The van der Waals surface area contributed by atoms with Crippen LogP contribution in [0.3, 0.4) is 0 Å². The van der Waals surface area contributed by atoms with Crippen LogP contribution in [-0.2, 0) is 11.8 Å². The average Bonchev–Trinajstić information content (AvgIpc) is 2.83. The highest BCUT2D eigenvalue weighted by atomic mass is 16.4. The second-order valence-corrected chi connectivity index (χ2v) is 6.70. The van der Waals surface area contributed by atoms with Crippen molar-refractivity contribution in [3.8, 4) is 0 Å². The van der Waals surface area contributed by atoms with Gasteiger partial charge in [0.05, 0.1) is 16.7 Å². The van der Waals surface area contributed by atoms with E-state index >= 15 is 0 Å². The van der Waals surface area contributed by atoms with Gasteiger partial charge >= 0.3 is 5.97 Å². The van der Waals surface area contributed by atoms with Gasteiger partial charge in [-0.15, -0.1) is 0 Å². The molecule has 1 fully saturated rings. The molecule has 0 spiro atoms. The number of aromatic nitrogens is 2. The molecule has 2 heterocycles. The summed E-state index contributed by atoms with van der Waals surface area (Å²) in [6.45, 7) is 6.56. The standard InChI is InChI=1S/C17H25N3O3/c1-12(2)6-8-17(16(22)23)7-5-9-20(11-17)15(21)14-10-19(4)18-13(14)3/h6,10H,5,7-9,11H2,1-4H3,(H,22,23)/t17-/m0/s1. The molecule has 0 aliphatic carbocycles. The van der Waals surface area contributed by atoms with Crippen molar-refractivity contribution >= 4 is 11.9 Å². The van der Waals surface area contributed by atoms with Gasteiger partial charge in [-0.05, 0) is 40.0 Å². The molecule has 6 nitrogen and oxygen atoms in total. The summed E-state index contributed by atoms with van der Waals surface area (Å²) in [7, 11) is 1.77. The van der Waals surface area contributed by atoms with Gasteiger partial charge in [0.25, 0.3) is 5.91 Å². The zero-order valence-corrected chi connectivity index (χ0v) is 14.3. The van der Waals surface area contributed by atoms with Crippen LogP contribution >= 0.6 is 0 Å². The van der Waals surface area contributed by atoms with Crippen molar-refractivity contribution in [2.45, 2.75) is 40.0 Å². The molecule has 0 saturated carbocycles. The van der Waals surface area contributed by atoms with Crippen LogP contribution in [0.4, 0.5) is 0 Å². The van der Waals surface area contributed by atoms with Gasteiger partial charge in [-0.25, -0.2) is 0 Å². The monoisotopic (exact) mass is 319 g/mol. The fourth-order valence-electron chi connectivity index (χ4n) is 3.11. The molecule has 1 aliphatic rings. The highest BCUT2D eigenvalue weighted by Crippen LogP contribution is 2.35. The summed E-state index contributed by atoms with van der Waals surface area (Å²) in [5.74, 6) is -0.950. The Labute approximate surface area is 136 Å². The van der Waals surface area contributed by atoms with Gasteiger partial charge in [-0.1, -0.05) is 11.6 Å². The summed E-state index contributed by atoms with van der Waals surface area (Å²) in [5.41, 5.74) is 1.43. The molecular weight excluding hydrogens is 294 g/mol. The molecule has 1 aromatic heterocycles. The minimum Gasteiger partial charge on any atom is -0.481 e. The Morgan fingerprint density at radius 2 is 2.13 bits per heavy atom. The van der Waals surface area contributed by atoms with E-state index in [4.69, 9.17) is 0 Å². The molecule has 1 amide bonds. The Morgan fingerprint density at radius 3 is 2.65 bits per heavy atom. The first-order chi connectivity index (χ1) is 10.7. The predicted octanol–water partition coefficient (Wildman–Crippen LogP) is 2.39. The van der Waals surface area contributed by atoms with Crippen LogP contribution in [0.25, 0.3) is 0 Å². The lowest BCUT2D eigenvalue weighted by molar-refractivity contribution is -0.151. The molecule has 0 radical (unpaired) electrons. The molecule has 0 aromatic carbocycles. The van der Waals surface area contributed by atoms with Gasteiger partial charge in [-0.3, -0.25) is 14.3 Å². The van der Waals surface area contributed by atoms with Gasteiger partial charge in [-0.2, -0.15) is 5.10 Å². The zero-order chi connectivity index (χ0) is 17.2. The number of aryl methyl sites for hydroxylation is 2. The number of allylic oxidation sites excluding steroid dienone is 2. The number of carbonyl (C=O) groups excluding carboxylic acids is 1. The number of piperidine rings is 1. The first kappa shape index (κ1) is 17.2. The van der Waals surface area contributed by atoms with Crippen LogP contribution in [0.15, 0.2) is 17.8 Å². The molecule has 1 atom stereocenters. The number of rotatable bonds is 4. The number of likely N-dealkylation sites (tertiary alicyclic amines) is 1. The van der Waals surface area contributed by atoms with Gasteiger partial charge in [0.15, 0.2) is 0 Å². The Balaban J connectivity index is 2.24. The van der Waals surface area contributed by atoms with Crippen LogP contribution in [-0.4, -0.2) is 44.8 Å². The number of nitrogens with zero attached hydrogens (tertiary/aromatic N) is 3. The fraction of sp³-hybridized carbons (Fsp3) is 0.588. The second kappa shape index (κ2) is 6.56. The summed E-state index contributed by atoms with van der Waals surface area (Å²) in [4.78, 5) is 26.3. The molecule has 2 rings (SSSR count). The van der Waals surface area contributed by atoms with E-state index in [1.54, 1.807) is 29.7 Å². The van der Waals surface area contributed by atoms with E-state index in [-0.39, 0.29) is 12.5 Å². The highest BCUT2D eigenvalue weighted by molar-refractivity contribution is 5.95. The topological polar surface area (TPSA) is 75.4 Å². The lowest BCUT2D eigenvalue weighted by Crippen LogP contribution is -2.49. The van der Waals surface area contributed by atoms with Crippen LogP contribution in [0.1, 0.15) is 49.2 Å². The van der Waals surface area contributed by atoms with Gasteiger partial charge in [0, 0.05) is 26.3 Å². The number of aliphatic carboxylic acids is 1. The number of hydrogen-bond donors (Lipinski definition) is 1. The molecule has 0 bridgehead atoms. The number of amides is 1. The van der Waals surface area contributed by atoms with Crippen LogP contribution < -0.4 is 0 Å². The largest absolute Gasteiger partial charge is 0.481 e. The molecule has 126 valence electrons. The van der Waals surface area contributed by atoms with Crippen molar-refractivity contribution in [3.63, 3.8) is 0 Å². The Hall–Kier alpha value is -2.11. The zero-order valence-electron chi connectivity index (χ0n) is 14.3. The van der Waals surface area contributed by atoms with Gasteiger partial charge in [0.1, 0.15) is 0 Å². The van der Waals surface area contributed by atoms with E-state index < -0.39 is 11.4 Å².